The van der Waals surface area contributed by atoms with Gasteiger partial charge in [0.05, 0.1) is 0 Å². The summed E-state index contributed by atoms with van der Waals surface area (Å²) in [5, 5.41) is 2.51. The molecule has 0 aliphatic rings. The topological polar surface area (TPSA) is 29.1 Å². The minimum Gasteiger partial charge on any atom is -0.326 e. The fourth-order valence-electron chi connectivity index (χ4n) is 1.03. The zero-order chi connectivity index (χ0) is 10.0. The molecule has 2 radical (unpaired) electrons. The normalized spacial score (nSPS) is 9.77. The summed E-state index contributed by atoms with van der Waals surface area (Å²) in [6.45, 7) is 3.12. The molecule has 1 rings (SSSR count). The van der Waals surface area contributed by atoms with Gasteiger partial charge in [0.2, 0.25) is 5.91 Å². The molecule has 0 bridgehead atoms. The number of nitrogens with one attached hydrogen (secondary N) is 1. The Balaban J connectivity index is 3.08. The maximum atomic E-state index is 12.9. The molecule has 0 saturated carbocycles. The molecule has 0 unspecified atom stereocenters. The van der Waals surface area contributed by atoms with Crippen molar-refractivity contribution in [3.63, 3.8) is 0 Å². The van der Waals surface area contributed by atoms with Crippen LogP contribution in [0, 0.1) is 12.7 Å². The number of carbonyl (C=O) groups excluding carboxylic acids is 1. The van der Waals surface area contributed by atoms with E-state index in [2.05, 4.69) is 5.32 Å². The van der Waals surface area contributed by atoms with Crippen LogP contribution in [0.1, 0.15) is 12.5 Å². The van der Waals surface area contributed by atoms with Gasteiger partial charge in [-0.25, -0.2) is 4.39 Å². The summed E-state index contributed by atoms with van der Waals surface area (Å²) in [6.07, 6.45) is 0. The van der Waals surface area contributed by atoms with E-state index in [0.29, 0.717) is 5.69 Å². The highest BCUT2D eigenvalue weighted by atomic mass is 19.1. The van der Waals surface area contributed by atoms with Crippen molar-refractivity contribution in [2.45, 2.75) is 13.8 Å². The van der Waals surface area contributed by atoms with Gasteiger partial charge in [0.1, 0.15) is 13.7 Å². The third-order valence-corrected chi connectivity index (χ3v) is 1.65. The molecule has 1 N–H and O–H groups in total. The minimum absolute atomic E-state index is 0.0894. The Morgan fingerprint density at radius 2 is 2.15 bits per heavy atom. The Hall–Kier alpha value is -1.32. The van der Waals surface area contributed by atoms with Crippen LogP contribution in [0.5, 0.6) is 0 Å². The Morgan fingerprint density at radius 3 is 2.69 bits per heavy atom. The number of hydrogen-bond donors (Lipinski definition) is 1. The van der Waals surface area contributed by atoms with Gasteiger partial charge >= 0.3 is 0 Å². The second kappa shape index (κ2) is 3.60. The summed E-state index contributed by atoms with van der Waals surface area (Å²) in [7, 11) is 5.33. The molecule has 4 heteroatoms. The fraction of sp³-hybridized carbons (Fsp3) is 0.222. The third-order valence-electron chi connectivity index (χ3n) is 1.65. The van der Waals surface area contributed by atoms with Crippen molar-refractivity contribution in [2.24, 2.45) is 0 Å². The first-order valence-corrected chi connectivity index (χ1v) is 3.84. The molecule has 0 atom stereocenters. The molecule has 0 saturated heterocycles. The van der Waals surface area contributed by atoms with Crippen molar-refractivity contribution in [3.05, 3.63) is 23.5 Å². The van der Waals surface area contributed by atoms with Crippen LogP contribution in [0.4, 0.5) is 10.1 Å². The van der Waals surface area contributed by atoms with Gasteiger partial charge in [0, 0.05) is 12.6 Å². The molecule has 0 aliphatic heterocycles. The third kappa shape index (κ3) is 2.31. The number of carbonyl (C=O) groups is 1. The maximum Gasteiger partial charge on any atom is 0.221 e. The second-order valence-electron chi connectivity index (χ2n) is 2.87. The number of amides is 1. The SMILES string of the molecule is [B]c1cc(C)c(NC(C)=O)cc1F. The van der Waals surface area contributed by atoms with Crippen LogP contribution in [0.3, 0.4) is 0 Å². The van der Waals surface area contributed by atoms with Crippen molar-refractivity contribution in [2.75, 3.05) is 5.32 Å². The van der Waals surface area contributed by atoms with E-state index < -0.39 is 5.82 Å². The van der Waals surface area contributed by atoms with Crippen LogP contribution in [-0.2, 0) is 4.79 Å². The second-order valence-corrected chi connectivity index (χ2v) is 2.87. The number of hydrogen-bond acceptors (Lipinski definition) is 1. The molecule has 1 aromatic rings. The lowest BCUT2D eigenvalue weighted by atomic mass is 9.93. The van der Waals surface area contributed by atoms with E-state index >= 15 is 0 Å². The zero-order valence-electron chi connectivity index (χ0n) is 7.52. The summed E-state index contributed by atoms with van der Waals surface area (Å²) in [4.78, 5) is 10.7. The van der Waals surface area contributed by atoms with E-state index in [9.17, 15) is 9.18 Å². The Labute approximate surface area is 77.6 Å². The predicted octanol–water partition coefficient (Wildman–Crippen LogP) is 0.886. The molecule has 66 valence electrons. The van der Waals surface area contributed by atoms with Crippen molar-refractivity contribution < 1.29 is 9.18 Å². The molecule has 0 fully saturated rings. The quantitative estimate of drug-likeness (QED) is 0.634. The van der Waals surface area contributed by atoms with E-state index in [1.54, 1.807) is 6.92 Å². The standard InChI is InChI=1S/C9H9BFNO/c1-5-3-7(10)8(11)4-9(5)12-6(2)13/h3-4H,1-2H3,(H,12,13). The lowest BCUT2D eigenvalue weighted by Crippen LogP contribution is -2.13. The van der Waals surface area contributed by atoms with Gasteiger partial charge in [-0.2, -0.15) is 0 Å². The summed E-state index contributed by atoms with van der Waals surface area (Å²) in [5.41, 5.74) is 1.29. The van der Waals surface area contributed by atoms with Gasteiger partial charge in [0.25, 0.3) is 0 Å². The molecule has 0 heterocycles. The molecule has 1 aromatic carbocycles. The zero-order valence-corrected chi connectivity index (χ0v) is 7.52. The van der Waals surface area contributed by atoms with E-state index in [-0.39, 0.29) is 11.4 Å². The van der Waals surface area contributed by atoms with Crippen molar-refractivity contribution in [3.8, 4) is 0 Å². The minimum atomic E-state index is -0.519. The van der Waals surface area contributed by atoms with Gasteiger partial charge in [-0.3, -0.25) is 4.79 Å². The molecule has 13 heavy (non-hydrogen) atoms. The van der Waals surface area contributed by atoms with E-state index in [0.717, 1.165) is 5.56 Å². The largest absolute Gasteiger partial charge is 0.326 e. The first-order valence-electron chi connectivity index (χ1n) is 3.84. The van der Waals surface area contributed by atoms with Crippen molar-refractivity contribution in [1.82, 2.24) is 0 Å². The van der Waals surface area contributed by atoms with Gasteiger partial charge < -0.3 is 5.32 Å². The smallest absolute Gasteiger partial charge is 0.221 e. The number of rotatable bonds is 1. The predicted molar refractivity (Wildman–Crippen MR) is 50.8 cm³/mol. The molecule has 1 amide bonds. The first-order chi connectivity index (χ1) is 6.00. The first kappa shape index (κ1) is 9.77. The molecule has 0 aliphatic carbocycles. The Bertz CT molecular complexity index is 352. The van der Waals surface area contributed by atoms with Gasteiger partial charge in [0.15, 0.2) is 0 Å². The highest BCUT2D eigenvalue weighted by Gasteiger charge is 2.04. The Kier molecular flexibility index (Phi) is 2.71. The van der Waals surface area contributed by atoms with Crippen LogP contribution in [0.25, 0.3) is 0 Å². The molecule has 2 nitrogen and oxygen atoms in total. The van der Waals surface area contributed by atoms with Crippen molar-refractivity contribution >= 4 is 24.9 Å². The van der Waals surface area contributed by atoms with Crippen molar-refractivity contribution in [1.29, 1.82) is 0 Å². The van der Waals surface area contributed by atoms with Crippen LogP contribution in [0.15, 0.2) is 12.1 Å². The summed E-state index contributed by atoms with van der Waals surface area (Å²) in [6, 6.07) is 2.70. The lowest BCUT2D eigenvalue weighted by molar-refractivity contribution is -0.114. The van der Waals surface area contributed by atoms with Crippen LogP contribution >= 0.6 is 0 Å². The van der Waals surface area contributed by atoms with E-state index in [4.69, 9.17) is 7.85 Å². The average Bonchev–Trinajstić information content (AvgIpc) is 1.99. The molecular weight excluding hydrogens is 168 g/mol. The highest BCUT2D eigenvalue weighted by Crippen LogP contribution is 2.13. The number of anilines is 1. The van der Waals surface area contributed by atoms with Gasteiger partial charge in [-0.05, 0) is 18.6 Å². The molecular formula is C9H9BFNO. The van der Waals surface area contributed by atoms with Crippen LogP contribution in [-0.4, -0.2) is 13.8 Å². The fourth-order valence-corrected chi connectivity index (χ4v) is 1.03. The number of aryl methyl sites for hydroxylation is 1. The Morgan fingerprint density at radius 1 is 1.54 bits per heavy atom. The van der Waals surface area contributed by atoms with E-state index in [1.807, 2.05) is 0 Å². The number of halogens is 1. The number of benzene rings is 1. The average molecular weight is 177 g/mol. The summed E-state index contributed by atoms with van der Waals surface area (Å²) in [5.74, 6) is -0.748. The summed E-state index contributed by atoms with van der Waals surface area (Å²) >= 11 is 0. The highest BCUT2D eigenvalue weighted by molar-refractivity contribution is 6.32. The van der Waals surface area contributed by atoms with Crippen LogP contribution in [0.2, 0.25) is 0 Å². The molecule has 0 spiro atoms. The van der Waals surface area contributed by atoms with Gasteiger partial charge in [-0.1, -0.05) is 11.5 Å². The van der Waals surface area contributed by atoms with Crippen LogP contribution < -0.4 is 10.8 Å². The van der Waals surface area contributed by atoms with Gasteiger partial charge in [-0.15, -0.1) is 0 Å². The maximum absolute atomic E-state index is 12.9. The summed E-state index contributed by atoms with van der Waals surface area (Å²) < 4.78 is 12.9. The van der Waals surface area contributed by atoms with E-state index in [1.165, 1.54) is 19.1 Å². The monoisotopic (exact) mass is 177 g/mol. The lowest BCUT2D eigenvalue weighted by Gasteiger charge is -2.07. The molecule has 0 aromatic heterocycles.